The van der Waals surface area contributed by atoms with Gasteiger partial charge in [0, 0.05) is 13.2 Å². The molecule has 0 amide bonds. The Morgan fingerprint density at radius 3 is 2.62 bits per heavy atom. The number of methoxy groups -OCH3 is 1. The molecular weight excluding hydrogens is 401 g/mol. The van der Waals surface area contributed by atoms with Crippen LogP contribution < -0.4 is 10.1 Å². The summed E-state index contributed by atoms with van der Waals surface area (Å²) in [5.41, 5.74) is 0.314. The van der Waals surface area contributed by atoms with E-state index < -0.39 is 15.1 Å². The zero-order valence-electron chi connectivity index (χ0n) is 14.5. The molecule has 0 fully saturated rings. The third kappa shape index (κ3) is 4.97. The molecule has 10 heteroatoms. The van der Waals surface area contributed by atoms with Gasteiger partial charge in [0.1, 0.15) is 17.4 Å². The van der Waals surface area contributed by atoms with Crippen molar-refractivity contribution in [3.63, 3.8) is 0 Å². The molecule has 7 nitrogen and oxygen atoms in total. The highest BCUT2D eigenvalue weighted by atomic mass is 35.5. The van der Waals surface area contributed by atoms with Gasteiger partial charge in [0.15, 0.2) is 15.7 Å². The number of benzene rings is 1. The molecule has 142 valence electrons. The summed E-state index contributed by atoms with van der Waals surface area (Å²) in [6, 6.07) is 4.70. The fraction of sp³-hybridized carbons (Fsp3) is 0.375. The van der Waals surface area contributed by atoms with Crippen molar-refractivity contribution < 1.29 is 17.9 Å². The van der Waals surface area contributed by atoms with Crippen molar-refractivity contribution in [1.29, 1.82) is 0 Å². The highest BCUT2D eigenvalue weighted by Crippen LogP contribution is 2.33. The van der Waals surface area contributed by atoms with Gasteiger partial charge in [-0.25, -0.2) is 13.4 Å². The van der Waals surface area contributed by atoms with Crippen molar-refractivity contribution in [1.82, 2.24) is 9.97 Å². The Morgan fingerprint density at radius 2 is 1.96 bits per heavy atom. The Balaban J connectivity index is 2.45. The molecule has 0 atom stereocenters. The number of sulfone groups is 1. The molecule has 0 saturated heterocycles. The lowest BCUT2D eigenvalue weighted by Gasteiger charge is -2.16. The average molecular weight is 420 g/mol. The monoisotopic (exact) mass is 419 g/mol. The average Bonchev–Trinajstić information content (AvgIpc) is 2.59. The van der Waals surface area contributed by atoms with Crippen molar-refractivity contribution in [2.75, 3.05) is 25.6 Å². The summed E-state index contributed by atoms with van der Waals surface area (Å²) in [5, 5.41) is 2.49. The van der Waals surface area contributed by atoms with Gasteiger partial charge < -0.3 is 14.8 Å². The second-order valence-corrected chi connectivity index (χ2v) is 8.77. The summed E-state index contributed by atoms with van der Waals surface area (Å²) in [4.78, 5) is 7.83. The standard InChI is InChI=1S/C16H19Cl2N3O4S/c1-10(2)26(22,23)14-8-11(25-7-6-24-3)4-5-13(14)20-15-12(17)9-19-16(18)21-15/h4-5,8-10H,6-7H2,1-3H3,(H,19,20,21). The van der Waals surface area contributed by atoms with Crippen LogP contribution in [0.1, 0.15) is 13.8 Å². The molecule has 2 aromatic rings. The lowest BCUT2D eigenvalue weighted by Crippen LogP contribution is -2.16. The van der Waals surface area contributed by atoms with Gasteiger partial charge in [-0.05, 0) is 37.6 Å². The number of nitrogens with one attached hydrogen (secondary N) is 1. The Kier molecular flexibility index (Phi) is 7.05. The first-order valence-electron chi connectivity index (χ1n) is 7.70. The number of rotatable bonds is 8. The second kappa shape index (κ2) is 8.85. The summed E-state index contributed by atoms with van der Waals surface area (Å²) >= 11 is 11.8. The smallest absolute Gasteiger partial charge is 0.224 e. The molecule has 0 bridgehead atoms. The zero-order chi connectivity index (χ0) is 19.3. The predicted octanol–water partition coefficient (Wildman–Crippen LogP) is 3.73. The molecule has 0 saturated carbocycles. The fourth-order valence-corrected chi connectivity index (χ4v) is 3.47. The Hall–Kier alpha value is -1.61. The topological polar surface area (TPSA) is 90.4 Å². The summed E-state index contributed by atoms with van der Waals surface area (Å²) in [6.45, 7) is 3.90. The van der Waals surface area contributed by atoms with E-state index in [4.69, 9.17) is 32.7 Å². The first-order valence-corrected chi connectivity index (χ1v) is 10.0. The van der Waals surface area contributed by atoms with E-state index in [1.807, 2.05) is 0 Å². The minimum atomic E-state index is -3.60. The number of halogens is 2. The maximum absolute atomic E-state index is 12.8. The van der Waals surface area contributed by atoms with Crippen LogP contribution >= 0.6 is 23.2 Å². The van der Waals surface area contributed by atoms with Crippen molar-refractivity contribution >= 4 is 44.5 Å². The largest absolute Gasteiger partial charge is 0.491 e. The minimum Gasteiger partial charge on any atom is -0.491 e. The maximum atomic E-state index is 12.8. The van der Waals surface area contributed by atoms with Crippen molar-refractivity contribution in [3.8, 4) is 5.75 Å². The highest BCUT2D eigenvalue weighted by molar-refractivity contribution is 7.92. The lowest BCUT2D eigenvalue weighted by atomic mass is 10.3. The minimum absolute atomic E-state index is 0.00955. The molecule has 0 spiro atoms. The summed E-state index contributed by atoms with van der Waals surface area (Å²) in [5.74, 6) is 0.624. The fourth-order valence-electron chi connectivity index (χ4n) is 1.99. The molecule has 26 heavy (non-hydrogen) atoms. The number of hydrogen-bond acceptors (Lipinski definition) is 7. The normalized spacial score (nSPS) is 11.6. The first-order chi connectivity index (χ1) is 12.3. The summed E-state index contributed by atoms with van der Waals surface area (Å²) in [6.07, 6.45) is 1.33. The van der Waals surface area contributed by atoms with Gasteiger partial charge in [0.2, 0.25) is 5.28 Å². The van der Waals surface area contributed by atoms with Crippen LogP contribution in [0.15, 0.2) is 29.3 Å². The molecule has 1 aromatic carbocycles. The molecule has 0 unspecified atom stereocenters. The number of ether oxygens (including phenoxy) is 2. The molecular formula is C16H19Cl2N3O4S. The second-order valence-electron chi connectivity index (χ2n) is 5.55. The van der Waals surface area contributed by atoms with Gasteiger partial charge in [0.05, 0.1) is 28.6 Å². The van der Waals surface area contributed by atoms with Crippen LogP contribution in [0, 0.1) is 0 Å². The van der Waals surface area contributed by atoms with Gasteiger partial charge in [-0.2, -0.15) is 4.98 Å². The summed E-state index contributed by atoms with van der Waals surface area (Å²) < 4.78 is 36.0. The number of nitrogens with zero attached hydrogens (tertiary/aromatic N) is 2. The van der Waals surface area contributed by atoms with Gasteiger partial charge in [-0.15, -0.1) is 0 Å². The molecule has 0 aliphatic heterocycles. The van der Waals surface area contributed by atoms with Gasteiger partial charge in [-0.3, -0.25) is 0 Å². The van der Waals surface area contributed by atoms with Crippen molar-refractivity contribution in [3.05, 3.63) is 34.7 Å². The van der Waals surface area contributed by atoms with Crippen LogP contribution in [-0.4, -0.2) is 44.0 Å². The van der Waals surface area contributed by atoms with E-state index in [9.17, 15) is 8.42 Å². The zero-order valence-corrected chi connectivity index (χ0v) is 16.8. The molecule has 0 aliphatic rings. The van der Waals surface area contributed by atoms with Gasteiger partial charge >= 0.3 is 0 Å². The van der Waals surface area contributed by atoms with E-state index in [0.29, 0.717) is 24.7 Å². The van der Waals surface area contributed by atoms with E-state index in [-0.39, 0.29) is 21.0 Å². The predicted molar refractivity (Wildman–Crippen MR) is 101 cm³/mol. The van der Waals surface area contributed by atoms with E-state index >= 15 is 0 Å². The molecule has 0 aliphatic carbocycles. The lowest BCUT2D eigenvalue weighted by molar-refractivity contribution is 0.146. The third-order valence-corrected chi connectivity index (χ3v) is 6.05. The van der Waals surface area contributed by atoms with Crippen molar-refractivity contribution in [2.45, 2.75) is 24.0 Å². The highest BCUT2D eigenvalue weighted by Gasteiger charge is 2.24. The van der Waals surface area contributed by atoms with E-state index in [0.717, 1.165) is 0 Å². The molecule has 1 heterocycles. The number of anilines is 2. The quantitative estimate of drug-likeness (QED) is 0.514. The van der Waals surface area contributed by atoms with Crippen LogP contribution in [-0.2, 0) is 14.6 Å². The molecule has 1 aromatic heterocycles. The molecule has 0 radical (unpaired) electrons. The first kappa shape index (κ1) is 20.7. The van der Waals surface area contributed by atoms with Crippen molar-refractivity contribution in [2.24, 2.45) is 0 Å². The van der Waals surface area contributed by atoms with E-state index in [1.165, 1.54) is 12.3 Å². The Labute approximate surface area is 162 Å². The Morgan fingerprint density at radius 1 is 1.23 bits per heavy atom. The third-order valence-electron chi connectivity index (χ3n) is 3.40. The van der Waals surface area contributed by atoms with Gasteiger partial charge in [0.25, 0.3) is 0 Å². The molecule has 2 rings (SSSR count). The van der Waals surface area contributed by atoms with Crippen LogP contribution in [0.2, 0.25) is 10.3 Å². The summed E-state index contributed by atoms with van der Waals surface area (Å²) in [7, 11) is -2.04. The van der Waals surface area contributed by atoms with Crippen LogP contribution in [0.25, 0.3) is 0 Å². The maximum Gasteiger partial charge on any atom is 0.224 e. The van der Waals surface area contributed by atoms with E-state index in [2.05, 4.69) is 15.3 Å². The molecule has 1 N–H and O–H groups in total. The Bertz CT molecular complexity index is 876. The van der Waals surface area contributed by atoms with Crippen LogP contribution in [0.4, 0.5) is 11.5 Å². The number of hydrogen-bond donors (Lipinski definition) is 1. The SMILES string of the molecule is COCCOc1ccc(Nc2nc(Cl)ncc2Cl)c(S(=O)(=O)C(C)C)c1. The number of aromatic nitrogens is 2. The van der Waals surface area contributed by atoms with Gasteiger partial charge in [-0.1, -0.05) is 11.6 Å². The van der Waals surface area contributed by atoms with Crippen LogP contribution in [0.3, 0.4) is 0 Å². The van der Waals surface area contributed by atoms with E-state index in [1.54, 1.807) is 33.1 Å². The van der Waals surface area contributed by atoms with Crippen LogP contribution in [0.5, 0.6) is 5.75 Å².